The predicted molar refractivity (Wildman–Crippen MR) is 119 cm³/mol. The van der Waals surface area contributed by atoms with Crippen molar-refractivity contribution in [1.82, 2.24) is 19.9 Å². The molecule has 0 fully saturated rings. The molecular formula is C24H20F2N4O. The molecule has 1 unspecified atom stereocenters. The second kappa shape index (κ2) is 7.92. The van der Waals surface area contributed by atoms with Crippen LogP contribution in [0.4, 0.5) is 8.78 Å². The zero-order chi connectivity index (χ0) is 21.4. The van der Waals surface area contributed by atoms with Crippen LogP contribution in [-0.2, 0) is 4.74 Å². The number of rotatable bonds is 4. The van der Waals surface area contributed by atoms with Gasteiger partial charge in [0.25, 0.3) is 6.43 Å². The van der Waals surface area contributed by atoms with Crippen molar-refractivity contribution < 1.29 is 13.5 Å². The third-order valence-corrected chi connectivity index (χ3v) is 5.11. The van der Waals surface area contributed by atoms with E-state index >= 15 is 0 Å². The molecule has 156 valence electrons. The Morgan fingerprint density at radius 3 is 2.06 bits per heavy atom. The Balaban J connectivity index is 1.73. The first-order valence-corrected chi connectivity index (χ1v) is 10.00. The smallest absolute Gasteiger partial charge is 0.261 e. The fourth-order valence-electron chi connectivity index (χ4n) is 3.68. The average Bonchev–Trinajstić information content (AvgIpc) is 3.51. The number of aromatic nitrogens is 4. The Hall–Kier alpha value is -3.58. The van der Waals surface area contributed by atoms with Gasteiger partial charge in [-0.2, -0.15) is 0 Å². The third-order valence-electron chi connectivity index (χ3n) is 5.11. The lowest BCUT2D eigenvalue weighted by molar-refractivity contribution is -0.0176. The number of hydrogen-bond acceptors (Lipinski definition) is 3. The van der Waals surface area contributed by atoms with Crippen LogP contribution in [-0.4, -0.2) is 33.0 Å². The first-order valence-electron chi connectivity index (χ1n) is 10.00. The molecule has 0 amide bonds. The molecular weight excluding hydrogens is 398 g/mol. The van der Waals surface area contributed by atoms with Crippen molar-refractivity contribution >= 4 is 46.4 Å². The van der Waals surface area contributed by atoms with Gasteiger partial charge < -0.3 is 14.7 Å². The van der Waals surface area contributed by atoms with E-state index in [1.165, 1.54) is 0 Å². The quantitative estimate of drug-likeness (QED) is 0.376. The van der Waals surface area contributed by atoms with E-state index in [9.17, 15) is 8.78 Å². The molecule has 7 heteroatoms. The predicted octanol–water partition coefficient (Wildman–Crippen LogP) is 6.00. The molecule has 5 nitrogen and oxygen atoms in total. The summed E-state index contributed by atoms with van der Waals surface area (Å²) in [5.41, 5.74) is 7.50. The van der Waals surface area contributed by atoms with Gasteiger partial charge in [-0.3, -0.25) is 0 Å². The molecule has 0 aliphatic carbocycles. The van der Waals surface area contributed by atoms with Crippen LogP contribution >= 0.6 is 0 Å². The van der Waals surface area contributed by atoms with Gasteiger partial charge in [-0.05, 0) is 73.7 Å². The highest BCUT2D eigenvalue weighted by Crippen LogP contribution is 2.26. The van der Waals surface area contributed by atoms with Crippen LogP contribution in [0.25, 0.3) is 46.4 Å². The van der Waals surface area contributed by atoms with Crippen LogP contribution in [0.1, 0.15) is 41.4 Å². The Morgan fingerprint density at radius 1 is 0.774 bits per heavy atom. The summed E-state index contributed by atoms with van der Waals surface area (Å²) < 4.78 is 30.7. The van der Waals surface area contributed by atoms with Crippen LogP contribution in [0.2, 0.25) is 0 Å². The maximum atomic E-state index is 12.6. The van der Waals surface area contributed by atoms with Gasteiger partial charge in [0.05, 0.1) is 28.9 Å². The molecule has 8 bridgehead atoms. The highest BCUT2D eigenvalue weighted by molar-refractivity contribution is 5.78. The molecule has 0 saturated carbocycles. The molecule has 5 heterocycles. The van der Waals surface area contributed by atoms with Crippen LogP contribution in [0.5, 0.6) is 0 Å². The van der Waals surface area contributed by atoms with Gasteiger partial charge in [0, 0.05) is 27.6 Å². The minimum atomic E-state index is -2.51. The van der Waals surface area contributed by atoms with Crippen molar-refractivity contribution in [2.75, 3.05) is 6.61 Å². The molecule has 0 saturated heterocycles. The number of halogens is 2. The summed E-state index contributed by atoms with van der Waals surface area (Å²) in [6.45, 7) is 1.16. The number of nitrogens with zero attached hydrogens (tertiary/aromatic N) is 2. The minimum absolute atomic E-state index is 0.499. The van der Waals surface area contributed by atoms with Gasteiger partial charge in [-0.1, -0.05) is 0 Å². The molecule has 2 aliphatic heterocycles. The molecule has 31 heavy (non-hydrogen) atoms. The van der Waals surface area contributed by atoms with Crippen molar-refractivity contribution in [2.45, 2.75) is 19.5 Å². The summed E-state index contributed by atoms with van der Waals surface area (Å²) in [6.07, 6.45) is 4.74. The van der Waals surface area contributed by atoms with Gasteiger partial charge in [0.2, 0.25) is 0 Å². The number of hydrogen-bond donors (Lipinski definition) is 2. The normalized spacial score (nSPS) is 13.8. The van der Waals surface area contributed by atoms with E-state index in [1.807, 2.05) is 66.8 Å². The van der Waals surface area contributed by atoms with Crippen molar-refractivity contribution in [3.05, 3.63) is 70.8 Å². The van der Waals surface area contributed by atoms with Crippen LogP contribution in [0.15, 0.2) is 42.5 Å². The Morgan fingerprint density at radius 2 is 1.39 bits per heavy atom. The van der Waals surface area contributed by atoms with Crippen molar-refractivity contribution in [1.29, 1.82) is 0 Å². The second-order valence-corrected chi connectivity index (χ2v) is 7.50. The van der Waals surface area contributed by atoms with Gasteiger partial charge in [0.1, 0.15) is 6.61 Å². The fraction of sp³-hybridized carbons (Fsp3) is 0.167. The summed E-state index contributed by atoms with van der Waals surface area (Å²) in [4.78, 5) is 16.0. The largest absolute Gasteiger partial charge is 0.368 e. The third kappa shape index (κ3) is 4.32. The van der Waals surface area contributed by atoms with Gasteiger partial charge in [-0.15, -0.1) is 0 Å². The summed E-state index contributed by atoms with van der Waals surface area (Å²) in [6, 6.07) is 13.6. The molecule has 0 spiro atoms. The van der Waals surface area contributed by atoms with Crippen molar-refractivity contribution in [3.63, 3.8) is 0 Å². The van der Waals surface area contributed by atoms with E-state index in [0.717, 1.165) is 50.4 Å². The van der Waals surface area contributed by atoms with E-state index in [0.29, 0.717) is 0 Å². The number of aromatic amines is 2. The first-order chi connectivity index (χ1) is 15.0. The molecule has 1 atom stereocenters. The highest BCUT2D eigenvalue weighted by atomic mass is 19.3. The zero-order valence-electron chi connectivity index (χ0n) is 16.8. The van der Waals surface area contributed by atoms with Gasteiger partial charge in [-0.25, -0.2) is 18.7 Å². The lowest BCUT2D eigenvalue weighted by Crippen LogP contribution is -2.07. The second-order valence-electron chi connectivity index (χ2n) is 7.50. The zero-order valence-corrected chi connectivity index (χ0v) is 16.8. The SMILES string of the molecule is CC(OCC(F)F)c1cc2cc3ccc(cc4nc(cc5nc(cc1[nH]2)C=C5)C=C4)[nH]3. The van der Waals surface area contributed by atoms with Crippen molar-refractivity contribution in [2.24, 2.45) is 0 Å². The number of nitrogens with one attached hydrogen (secondary N) is 2. The molecule has 2 aliphatic rings. The van der Waals surface area contributed by atoms with E-state index < -0.39 is 19.1 Å². The maximum absolute atomic E-state index is 12.6. The molecule has 5 rings (SSSR count). The van der Waals surface area contributed by atoms with Crippen LogP contribution in [0.3, 0.4) is 0 Å². The molecule has 0 radical (unpaired) electrons. The van der Waals surface area contributed by atoms with E-state index in [-0.39, 0.29) is 0 Å². The minimum Gasteiger partial charge on any atom is -0.368 e. The average molecular weight is 418 g/mol. The van der Waals surface area contributed by atoms with E-state index in [2.05, 4.69) is 19.9 Å². The Bertz CT molecular complexity index is 1350. The fourth-order valence-corrected chi connectivity index (χ4v) is 3.68. The monoisotopic (exact) mass is 418 g/mol. The number of ether oxygens (including phenoxy) is 1. The standard InChI is InChI=1S/C24H20F2N4O/c1-14(31-13-24(25)26)22-11-21-10-19-5-4-17(28-19)8-15-2-3-16(27-15)9-18-6-7-20(29-18)12-23(22)30-21/h2-12,14,24,28,30H,13H2,1H3. The van der Waals surface area contributed by atoms with E-state index in [1.54, 1.807) is 6.92 Å². The van der Waals surface area contributed by atoms with E-state index in [4.69, 9.17) is 4.74 Å². The number of fused-ring (bicyclic) bond motifs is 8. The summed E-state index contributed by atoms with van der Waals surface area (Å²) in [5, 5.41) is 0. The Labute approximate surface area is 177 Å². The summed E-state index contributed by atoms with van der Waals surface area (Å²) in [7, 11) is 0. The number of H-pyrrole nitrogens is 2. The molecule has 3 aromatic rings. The highest BCUT2D eigenvalue weighted by Gasteiger charge is 2.14. The molecule has 0 aromatic carbocycles. The van der Waals surface area contributed by atoms with Gasteiger partial charge >= 0.3 is 0 Å². The van der Waals surface area contributed by atoms with Crippen LogP contribution in [0, 0.1) is 0 Å². The summed E-state index contributed by atoms with van der Waals surface area (Å²) in [5.74, 6) is 0. The van der Waals surface area contributed by atoms with Gasteiger partial charge in [0.15, 0.2) is 0 Å². The number of alkyl halides is 2. The van der Waals surface area contributed by atoms with Crippen molar-refractivity contribution in [3.8, 4) is 0 Å². The summed E-state index contributed by atoms with van der Waals surface area (Å²) >= 11 is 0. The Kier molecular flexibility index (Phi) is 4.95. The first kappa shape index (κ1) is 19.4. The lowest BCUT2D eigenvalue weighted by Gasteiger charge is -2.11. The topological polar surface area (TPSA) is 66.6 Å². The van der Waals surface area contributed by atoms with Crippen LogP contribution < -0.4 is 0 Å². The lowest BCUT2D eigenvalue weighted by atomic mass is 10.1. The molecule has 2 N–H and O–H groups in total. The maximum Gasteiger partial charge on any atom is 0.261 e. The molecule has 3 aromatic heterocycles.